The van der Waals surface area contributed by atoms with E-state index in [-0.39, 0.29) is 5.57 Å². The summed E-state index contributed by atoms with van der Waals surface area (Å²) in [6.07, 6.45) is -7.54. The topological polar surface area (TPSA) is 198 Å². The van der Waals surface area contributed by atoms with E-state index in [1.165, 1.54) is 6.07 Å². The molecule has 11 nitrogen and oxygen atoms in total. The van der Waals surface area contributed by atoms with Crippen molar-refractivity contribution in [3.8, 4) is 6.07 Å². The first-order chi connectivity index (χ1) is 11.7. The SMILES string of the molecule is N#C/C(O[C@@H]1O[C@H](CO)[C@@H](O)[C@H](O)[C@H]1O)=C(\C=C\C(=O)O)CC(=O)O. The van der Waals surface area contributed by atoms with Gasteiger partial charge in [0.05, 0.1) is 13.0 Å². The van der Waals surface area contributed by atoms with Crippen LogP contribution in [0.15, 0.2) is 23.5 Å². The Bertz CT molecular complexity index is 605. The Balaban J connectivity index is 3.12. The number of hydrogen-bond acceptors (Lipinski definition) is 9. The second kappa shape index (κ2) is 9.11. The fraction of sp³-hybridized carbons (Fsp3) is 0.500. The van der Waals surface area contributed by atoms with Crippen LogP contribution in [0.1, 0.15) is 6.42 Å². The number of nitriles is 1. The van der Waals surface area contributed by atoms with Crippen molar-refractivity contribution in [2.45, 2.75) is 37.1 Å². The molecule has 0 aromatic carbocycles. The first kappa shape index (κ1) is 20.6. The lowest BCUT2D eigenvalue weighted by molar-refractivity contribution is -0.290. The molecule has 0 bridgehead atoms. The minimum absolute atomic E-state index is 0.325. The number of aliphatic hydroxyl groups excluding tert-OH is 4. The molecule has 0 spiro atoms. The molecule has 1 aliphatic rings. The third-order valence-corrected chi connectivity index (χ3v) is 3.24. The lowest BCUT2D eigenvalue weighted by Crippen LogP contribution is -2.59. The molecule has 138 valence electrons. The number of hydrogen-bond donors (Lipinski definition) is 6. The van der Waals surface area contributed by atoms with Crippen molar-refractivity contribution in [2.24, 2.45) is 0 Å². The standard InChI is InChI=1S/C14H17NO10/c15-4-7(6(3-10(19)20)1-2-9(17)18)24-14-13(23)12(22)11(21)8(5-16)25-14/h1-2,8,11-14,16,21-23H,3,5H2,(H,17,18)(H,19,20)/b2-1+,7-6-/t8-,11-,12+,13-,14-/m1/s1. The highest BCUT2D eigenvalue weighted by Gasteiger charge is 2.45. The van der Waals surface area contributed by atoms with Crippen molar-refractivity contribution >= 4 is 11.9 Å². The van der Waals surface area contributed by atoms with Crippen LogP contribution in [0, 0.1) is 11.3 Å². The summed E-state index contributed by atoms with van der Waals surface area (Å²) in [5.74, 6) is -3.44. The number of carbonyl (C=O) groups is 2. The van der Waals surface area contributed by atoms with Gasteiger partial charge in [0.15, 0.2) is 0 Å². The zero-order chi connectivity index (χ0) is 19.1. The minimum atomic E-state index is -1.81. The second-order valence-corrected chi connectivity index (χ2v) is 5.02. The Labute approximate surface area is 141 Å². The molecule has 5 atom stereocenters. The molecular weight excluding hydrogens is 342 g/mol. The normalized spacial score (nSPS) is 30.4. The van der Waals surface area contributed by atoms with Crippen molar-refractivity contribution in [1.82, 2.24) is 0 Å². The lowest BCUT2D eigenvalue weighted by Gasteiger charge is -2.39. The van der Waals surface area contributed by atoms with E-state index in [1.54, 1.807) is 0 Å². The number of aliphatic hydroxyl groups is 4. The van der Waals surface area contributed by atoms with E-state index in [9.17, 15) is 24.9 Å². The van der Waals surface area contributed by atoms with Gasteiger partial charge in [-0.1, -0.05) is 0 Å². The number of carboxylic acid groups (broad SMARTS) is 2. The zero-order valence-electron chi connectivity index (χ0n) is 12.7. The molecule has 11 heteroatoms. The smallest absolute Gasteiger partial charge is 0.328 e. The predicted molar refractivity (Wildman–Crippen MR) is 76.5 cm³/mol. The molecule has 6 N–H and O–H groups in total. The van der Waals surface area contributed by atoms with Crippen molar-refractivity contribution in [2.75, 3.05) is 6.61 Å². The first-order valence-corrected chi connectivity index (χ1v) is 6.94. The van der Waals surface area contributed by atoms with Gasteiger partial charge in [-0.3, -0.25) is 4.79 Å². The highest BCUT2D eigenvalue weighted by molar-refractivity contribution is 5.81. The van der Waals surface area contributed by atoms with Gasteiger partial charge in [0.2, 0.25) is 12.0 Å². The molecule has 25 heavy (non-hydrogen) atoms. The summed E-state index contributed by atoms with van der Waals surface area (Å²) < 4.78 is 10.1. The monoisotopic (exact) mass is 359 g/mol. The van der Waals surface area contributed by atoms with Gasteiger partial charge in [0, 0.05) is 11.6 Å². The molecule has 0 radical (unpaired) electrons. The molecule has 1 aliphatic heterocycles. The highest BCUT2D eigenvalue weighted by Crippen LogP contribution is 2.25. The maximum Gasteiger partial charge on any atom is 0.328 e. The number of allylic oxidation sites excluding steroid dienone is 2. The maximum absolute atomic E-state index is 10.9. The third kappa shape index (κ3) is 5.52. The van der Waals surface area contributed by atoms with Gasteiger partial charge in [-0.15, -0.1) is 0 Å². The Kier molecular flexibility index (Phi) is 7.49. The molecule has 1 fully saturated rings. The summed E-state index contributed by atoms with van der Waals surface area (Å²) >= 11 is 0. The highest BCUT2D eigenvalue weighted by atomic mass is 16.7. The predicted octanol–water partition coefficient (Wildman–Crippen LogP) is -2.30. The van der Waals surface area contributed by atoms with Crippen LogP contribution in [0.5, 0.6) is 0 Å². The van der Waals surface area contributed by atoms with E-state index in [1.807, 2.05) is 0 Å². The Morgan fingerprint density at radius 3 is 2.24 bits per heavy atom. The molecule has 0 aliphatic carbocycles. The van der Waals surface area contributed by atoms with Crippen LogP contribution in [0.3, 0.4) is 0 Å². The van der Waals surface area contributed by atoms with E-state index < -0.39 is 61.4 Å². The van der Waals surface area contributed by atoms with Crippen molar-refractivity contribution in [1.29, 1.82) is 5.26 Å². The Morgan fingerprint density at radius 1 is 1.12 bits per heavy atom. The van der Waals surface area contributed by atoms with Crippen LogP contribution in [-0.2, 0) is 19.1 Å². The van der Waals surface area contributed by atoms with Crippen LogP contribution in [0.25, 0.3) is 0 Å². The summed E-state index contributed by atoms with van der Waals surface area (Å²) in [4.78, 5) is 21.4. The summed E-state index contributed by atoms with van der Waals surface area (Å²) in [5, 5.41) is 64.8. The van der Waals surface area contributed by atoms with Gasteiger partial charge in [-0.2, -0.15) is 5.26 Å². The Hall–Kier alpha value is -2.49. The van der Waals surface area contributed by atoms with Crippen molar-refractivity contribution in [3.05, 3.63) is 23.5 Å². The van der Waals surface area contributed by atoms with Crippen molar-refractivity contribution < 1.29 is 49.7 Å². The summed E-state index contributed by atoms with van der Waals surface area (Å²) in [6.45, 7) is -0.725. The van der Waals surface area contributed by atoms with Gasteiger partial charge < -0.3 is 40.1 Å². The number of rotatable bonds is 7. The minimum Gasteiger partial charge on any atom is -0.481 e. The average molecular weight is 359 g/mol. The molecule has 1 rings (SSSR count). The second-order valence-electron chi connectivity index (χ2n) is 5.02. The van der Waals surface area contributed by atoms with E-state index in [0.717, 1.165) is 6.08 Å². The van der Waals surface area contributed by atoms with Crippen LogP contribution >= 0.6 is 0 Å². The molecule has 1 saturated heterocycles. The lowest BCUT2D eigenvalue weighted by atomic mass is 9.99. The van der Waals surface area contributed by atoms with E-state index in [2.05, 4.69) is 0 Å². The fourth-order valence-electron chi connectivity index (χ4n) is 2.00. The van der Waals surface area contributed by atoms with Gasteiger partial charge in [-0.05, 0) is 6.08 Å². The van der Waals surface area contributed by atoms with Crippen LogP contribution in [0.2, 0.25) is 0 Å². The Morgan fingerprint density at radius 2 is 1.76 bits per heavy atom. The van der Waals surface area contributed by atoms with Gasteiger partial charge in [0.1, 0.15) is 30.5 Å². The molecule has 1 heterocycles. The number of aliphatic carboxylic acids is 2. The number of carboxylic acids is 2. The maximum atomic E-state index is 10.9. The molecule has 0 unspecified atom stereocenters. The van der Waals surface area contributed by atoms with Crippen LogP contribution < -0.4 is 0 Å². The number of ether oxygens (including phenoxy) is 2. The summed E-state index contributed by atoms with van der Waals surface area (Å²) in [5.41, 5.74) is -0.325. The van der Waals surface area contributed by atoms with Crippen molar-refractivity contribution in [3.63, 3.8) is 0 Å². The first-order valence-electron chi connectivity index (χ1n) is 6.94. The van der Waals surface area contributed by atoms with Gasteiger partial charge in [-0.25, -0.2) is 4.79 Å². The molecule has 0 saturated carbocycles. The molecule has 0 aromatic heterocycles. The van der Waals surface area contributed by atoms with Gasteiger partial charge in [0.25, 0.3) is 0 Å². The van der Waals surface area contributed by atoms with Crippen LogP contribution in [-0.4, -0.2) is 79.9 Å². The fourth-order valence-corrected chi connectivity index (χ4v) is 2.00. The number of nitrogens with zero attached hydrogens (tertiary/aromatic N) is 1. The van der Waals surface area contributed by atoms with E-state index in [0.29, 0.717) is 6.08 Å². The molecule has 0 aromatic rings. The molecular formula is C14H17NO10. The summed E-state index contributed by atoms with van der Waals surface area (Å²) in [7, 11) is 0. The van der Waals surface area contributed by atoms with E-state index >= 15 is 0 Å². The van der Waals surface area contributed by atoms with Crippen LogP contribution in [0.4, 0.5) is 0 Å². The quantitative estimate of drug-likeness (QED) is 0.124. The summed E-state index contributed by atoms with van der Waals surface area (Å²) in [6, 6.07) is 1.51. The largest absolute Gasteiger partial charge is 0.481 e. The third-order valence-electron chi connectivity index (χ3n) is 3.24. The average Bonchev–Trinajstić information content (AvgIpc) is 2.55. The van der Waals surface area contributed by atoms with E-state index in [4.69, 9.17) is 30.1 Å². The zero-order valence-corrected chi connectivity index (χ0v) is 12.7. The van der Waals surface area contributed by atoms with Gasteiger partial charge >= 0.3 is 11.9 Å². The molecule has 0 amide bonds.